The number of unbranched alkanes of at least 4 members (excludes halogenated alkanes) is 28. The molecule has 19 heteroatoms. The molecule has 0 aromatic heterocycles. The van der Waals surface area contributed by atoms with E-state index in [9.17, 15) is 43.2 Å². The number of ether oxygens (including phenoxy) is 4. The van der Waals surface area contributed by atoms with Crippen molar-refractivity contribution in [2.75, 3.05) is 39.6 Å². The van der Waals surface area contributed by atoms with Crippen LogP contribution in [-0.2, 0) is 65.4 Å². The SMILES string of the molecule is CCCCC/C=C\C/C=C\C/C=C\C/C=C\CCCC(=O)O[C@H](COC(=O)CCCCCCC/C=C\C/C=C\CCCCC)COP(=O)(O)OC[C@@H](O)COP(=O)(O)OC[C@@H](COC(=O)CCCCCCC/C=C\C/C=C\CCCCC)OC(=O)CCCCCCC/C=C\C/C=C\CCCCC. The molecule has 0 rings (SSSR count). The maximum Gasteiger partial charge on any atom is 0.472 e. The summed E-state index contributed by atoms with van der Waals surface area (Å²) in [5.41, 5.74) is 0. The number of esters is 4. The summed E-state index contributed by atoms with van der Waals surface area (Å²) in [5.74, 6) is -2.28. The second-order valence-electron chi connectivity index (χ2n) is 26.3. The van der Waals surface area contributed by atoms with E-state index in [0.717, 1.165) is 161 Å². The fourth-order valence-electron chi connectivity index (χ4n) is 10.2. The molecule has 0 fully saturated rings. The Morgan fingerprint density at radius 3 is 0.775 bits per heavy atom. The third-order valence-electron chi connectivity index (χ3n) is 16.4. The highest BCUT2D eigenvalue weighted by Crippen LogP contribution is 2.45. The van der Waals surface area contributed by atoms with Gasteiger partial charge in [-0.15, -0.1) is 0 Å². The molecule has 0 heterocycles. The number of hydrogen-bond donors (Lipinski definition) is 3. The van der Waals surface area contributed by atoms with E-state index in [0.29, 0.717) is 32.1 Å². The van der Waals surface area contributed by atoms with Crippen LogP contribution in [0.1, 0.15) is 323 Å². The highest BCUT2D eigenvalue weighted by molar-refractivity contribution is 7.47. The monoisotopic (exact) mass is 1470 g/mol. The van der Waals surface area contributed by atoms with E-state index in [-0.39, 0.29) is 25.7 Å². The van der Waals surface area contributed by atoms with Gasteiger partial charge in [-0.1, -0.05) is 258 Å². The van der Waals surface area contributed by atoms with Gasteiger partial charge in [0.1, 0.15) is 19.3 Å². The van der Waals surface area contributed by atoms with Gasteiger partial charge in [0.2, 0.25) is 0 Å². The number of phosphoric ester groups is 2. The van der Waals surface area contributed by atoms with Crippen LogP contribution >= 0.6 is 15.6 Å². The third kappa shape index (κ3) is 73.8. The average Bonchev–Trinajstić information content (AvgIpc) is 0.917. The quantitative estimate of drug-likeness (QED) is 0.0169. The van der Waals surface area contributed by atoms with Crippen LogP contribution in [0, 0.1) is 0 Å². The molecule has 5 atom stereocenters. The molecule has 0 radical (unpaired) electrons. The number of aliphatic hydroxyl groups is 1. The standard InChI is InChI=1S/C83H142O17P2/c1-5-9-13-17-21-25-29-33-37-38-42-46-50-54-58-62-66-70-83(88)100-79(74-94-81(86)68-64-60-56-52-48-44-40-35-31-27-23-19-15-11-7-3)76-98-102(91,92)96-72-77(84)71-95-101(89,90)97-75-78(99-82(87)69-65-61-57-53-49-45-41-36-32-28-24-20-16-12-8-4)73-93-80(85)67-63-59-55-51-47-43-39-34-30-26-22-18-14-10-6-2/h21-28,33-37,39-42,46,54,58,77-79,84H,5-20,29-32,38,43-45,47-53,55-57,59-76H2,1-4H3,(H,89,90)(H,91,92)/b25-21-,26-22-,27-23-,28-24-,37-33-,39-34-,40-35-,41-36-,46-42-,58-54-/t77-,78+,79+/m0/s1. The molecule has 0 aromatic rings. The summed E-state index contributed by atoms with van der Waals surface area (Å²) >= 11 is 0. The lowest BCUT2D eigenvalue weighted by Crippen LogP contribution is -2.30. The Hall–Kier alpha value is -4.54. The number of hydrogen-bond acceptors (Lipinski definition) is 15. The lowest BCUT2D eigenvalue weighted by atomic mass is 10.1. The number of carbonyl (C=O) groups is 4. The first-order valence-corrected chi connectivity index (χ1v) is 42.8. The number of carbonyl (C=O) groups excluding carboxylic acids is 4. The van der Waals surface area contributed by atoms with E-state index in [1.807, 2.05) is 12.2 Å². The van der Waals surface area contributed by atoms with Gasteiger partial charge in [0.25, 0.3) is 0 Å². The molecule has 0 aliphatic carbocycles. The van der Waals surface area contributed by atoms with Crippen LogP contribution in [0.5, 0.6) is 0 Å². The Morgan fingerprint density at radius 2 is 0.490 bits per heavy atom. The summed E-state index contributed by atoms with van der Waals surface area (Å²) in [7, 11) is -9.99. The largest absolute Gasteiger partial charge is 0.472 e. The number of phosphoric acid groups is 2. The first-order chi connectivity index (χ1) is 49.7. The first kappa shape index (κ1) is 97.5. The number of rotatable bonds is 74. The van der Waals surface area contributed by atoms with Crippen molar-refractivity contribution in [2.45, 2.75) is 341 Å². The zero-order valence-electron chi connectivity index (χ0n) is 64.0. The smallest absolute Gasteiger partial charge is 0.462 e. The van der Waals surface area contributed by atoms with Gasteiger partial charge in [0, 0.05) is 25.7 Å². The van der Waals surface area contributed by atoms with Crippen LogP contribution in [0.3, 0.4) is 0 Å². The Bertz CT molecular complexity index is 2410. The van der Waals surface area contributed by atoms with E-state index in [1.165, 1.54) is 77.0 Å². The molecule has 0 saturated carbocycles. The van der Waals surface area contributed by atoms with Crippen LogP contribution in [0.25, 0.3) is 0 Å². The fraction of sp³-hybridized carbons (Fsp3) is 0.711. The summed E-state index contributed by atoms with van der Waals surface area (Å²) in [5, 5.41) is 10.6. The van der Waals surface area contributed by atoms with Gasteiger partial charge in [0.15, 0.2) is 12.2 Å². The van der Waals surface area contributed by atoms with Crippen molar-refractivity contribution in [2.24, 2.45) is 0 Å². The van der Waals surface area contributed by atoms with E-state index < -0.39 is 97.5 Å². The normalized spacial score (nSPS) is 14.5. The molecule has 0 aliphatic heterocycles. The summed E-state index contributed by atoms with van der Waals surface area (Å²) < 4.78 is 68.5. The zero-order chi connectivity index (χ0) is 74.6. The summed E-state index contributed by atoms with van der Waals surface area (Å²) in [6.45, 7) is 4.67. The second-order valence-corrected chi connectivity index (χ2v) is 29.2. The van der Waals surface area contributed by atoms with Gasteiger partial charge in [-0.05, 0) is 161 Å². The van der Waals surface area contributed by atoms with E-state index >= 15 is 0 Å². The molecular weight excluding hydrogens is 1330 g/mol. The van der Waals surface area contributed by atoms with Gasteiger partial charge in [-0.25, -0.2) is 9.13 Å². The molecule has 2 unspecified atom stereocenters. The zero-order valence-corrected chi connectivity index (χ0v) is 65.8. The maximum atomic E-state index is 13.1. The predicted octanol–water partition coefficient (Wildman–Crippen LogP) is 23.1. The topological polar surface area (TPSA) is 237 Å². The Morgan fingerprint density at radius 1 is 0.275 bits per heavy atom. The van der Waals surface area contributed by atoms with Crippen molar-refractivity contribution in [1.82, 2.24) is 0 Å². The Balaban J connectivity index is 5.45. The molecular formula is C83H142O17P2. The minimum atomic E-state index is -5.00. The number of allylic oxidation sites excluding steroid dienone is 20. The molecule has 586 valence electrons. The van der Waals surface area contributed by atoms with Crippen molar-refractivity contribution in [3.63, 3.8) is 0 Å². The van der Waals surface area contributed by atoms with Crippen molar-refractivity contribution >= 4 is 39.5 Å². The molecule has 17 nitrogen and oxygen atoms in total. The van der Waals surface area contributed by atoms with Gasteiger partial charge in [0.05, 0.1) is 26.4 Å². The van der Waals surface area contributed by atoms with Crippen LogP contribution in [-0.4, -0.2) is 96.7 Å². The van der Waals surface area contributed by atoms with Gasteiger partial charge < -0.3 is 33.8 Å². The lowest BCUT2D eigenvalue weighted by molar-refractivity contribution is -0.161. The summed E-state index contributed by atoms with van der Waals surface area (Å²) in [6.07, 6.45) is 81.8. The third-order valence-corrected chi connectivity index (χ3v) is 18.3. The van der Waals surface area contributed by atoms with Gasteiger partial charge >= 0.3 is 39.5 Å². The van der Waals surface area contributed by atoms with E-state index in [2.05, 4.69) is 137 Å². The van der Waals surface area contributed by atoms with E-state index in [1.54, 1.807) is 0 Å². The Kier molecular flexibility index (Phi) is 71.4. The molecule has 102 heavy (non-hydrogen) atoms. The van der Waals surface area contributed by atoms with Crippen molar-refractivity contribution in [3.05, 3.63) is 122 Å². The van der Waals surface area contributed by atoms with Crippen molar-refractivity contribution in [1.29, 1.82) is 0 Å². The fourth-order valence-corrected chi connectivity index (χ4v) is 11.8. The maximum absolute atomic E-state index is 13.1. The molecule has 0 aliphatic rings. The summed E-state index contributed by atoms with van der Waals surface area (Å²) in [4.78, 5) is 73.0. The van der Waals surface area contributed by atoms with Crippen LogP contribution < -0.4 is 0 Å². The van der Waals surface area contributed by atoms with E-state index in [4.69, 9.17) is 37.0 Å². The predicted molar refractivity (Wildman–Crippen MR) is 418 cm³/mol. The first-order valence-electron chi connectivity index (χ1n) is 39.8. The number of aliphatic hydroxyl groups excluding tert-OH is 1. The minimum Gasteiger partial charge on any atom is -0.462 e. The van der Waals surface area contributed by atoms with Crippen LogP contribution in [0.4, 0.5) is 0 Å². The molecule has 0 bridgehead atoms. The van der Waals surface area contributed by atoms with Crippen LogP contribution in [0.2, 0.25) is 0 Å². The molecule has 0 aromatic carbocycles. The Labute approximate surface area is 619 Å². The molecule has 3 N–H and O–H groups in total. The summed E-state index contributed by atoms with van der Waals surface area (Å²) in [6, 6.07) is 0. The molecule has 0 saturated heterocycles. The highest BCUT2D eigenvalue weighted by Gasteiger charge is 2.30. The highest BCUT2D eigenvalue weighted by atomic mass is 31.2. The minimum absolute atomic E-state index is 0.0137. The second kappa shape index (κ2) is 74.7. The van der Waals surface area contributed by atoms with Crippen LogP contribution in [0.15, 0.2) is 122 Å². The van der Waals surface area contributed by atoms with Gasteiger partial charge in [-0.2, -0.15) is 0 Å². The van der Waals surface area contributed by atoms with Gasteiger partial charge in [-0.3, -0.25) is 37.3 Å². The lowest BCUT2D eigenvalue weighted by Gasteiger charge is -2.21. The van der Waals surface area contributed by atoms with Crippen molar-refractivity contribution < 1.29 is 80.2 Å². The van der Waals surface area contributed by atoms with Crippen molar-refractivity contribution in [3.8, 4) is 0 Å². The molecule has 0 spiro atoms. The average molecular weight is 1470 g/mol. The molecule has 0 amide bonds.